The molecular formula is C22H25NO7. The largest absolute Gasteiger partial charge is 0.493 e. The fourth-order valence-electron chi connectivity index (χ4n) is 2.52. The highest BCUT2D eigenvalue weighted by Crippen LogP contribution is 2.29. The van der Waals surface area contributed by atoms with Crippen molar-refractivity contribution in [3.05, 3.63) is 53.6 Å². The van der Waals surface area contributed by atoms with Gasteiger partial charge in [0.05, 0.1) is 28.4 Å². The summed E-state index contributed by atoms with van der Waals surface area (Å²) in [6.45, 7) is 0.137. The SMILES string of the molecule is COC(=O)/C=C/c1ccc(OCC(=O)NCc2ccc(OC)c(OC)c2)c(OC)c1. The summed E-state index contributed by atoms with van der Waals surface area (Å²) >= 11 is 0. The number of nitrogens with one attached hydrogen (secondary N) is 1. The lowest BCUT2D eigenvalue weighted by Crippen LogP contribution is -2.28. The van der Waals surface area contributed by atoms with Crippen molar-refractivity contribution in [1.82, 2.24) is 5.32 Å². The standard InChI is InChI=1S/C22H25NO7/c1-26-17-8-6-16(12-19(17)27-2)13-23-21(24)14-30-18-9-5-15(11-20(18)28-3)7-10-22(25)29-4/h5-12H,13-14H2,1-4H3,(H,23,24)/b10-7+. The van der Waals surface area contributed by atoms with Crippen LogP contribution in [-0.4, -0.2) is 46.9 Å². The van der Waals surface area contributed by atoms with Gasteiger partial charge in [0.25, 0.3) is 5.91 Å². The molecule has 160 valence electrons. The highest BCUT2D eigenvalue weighted by molar-refractivity contribution is 5.87. The second-order valence-electron chi connectivity index (χ2n) is 6.02. The molecule has 0 spiro atoms. The van der Waals surface area contributed by atoms with Gasteiger partial charge in [-0.3, -0.25) is 4.79 Å². The molecule has 0 aliphatic rings. The van der Waals surface area contributed by atoms with Crippen LogP contribution in [0.3, 0.4) is 0 Å². The van der Waals surface area contributed by atoms with Crippen LogP contribution in [0.4, 0.5) is 0 Å². The Morgan fingerprint density at radius 2 is 1.53 bits per heavy atom. The summed E-state index contributed by atoms with van der Waals surface area (Å²) < 4.78 is 25.9. The summed E-state index contributed by atoms with van der Waals surface area (Å²) in [5.74, 6) is 1.31. The third-order valence-electron chi connectivity index (χ3n) is 4.10. The summed E-state index contributed by atoms with van der Waals surface area (Å²) in [6.07, 6.45) is 2.89. The number of esters is 1. The zero-order valence-electron chi connectivity index (χ0n) is 17.4. The molecule has 1 amide bonds. The first-order valence-electron chi connectivity index (χ1n) is 9.05. The van der Waals surface area contributed by atoms with E-state index >= 15 is 0 Å². The number of ether oxygens (including phenoxy) is 5. The number of methoxy groups -OCH3 is 4. The van der Waals surface area contributed by atoms with Crippen LogP contribution in [0.25, 0.3) is 6.08 Å². The van der Waals surface area contributed by atoms with Crippen molar-refractivity contribution in [3.63, 3.8) is 0 Å². The Hall–Kier alpha value is -3.68. The fourth-order valence-corrected chi connectivity index (χ4v) is 2.52. The molecule has 8 nitrogen and oxygen atoms in total. The van der Waals surface area contributed by atoms with E-state index in [1.807, 2.05) is 6.07 Å². The van der Waals surface area contributed by atoms with E-state index in [0.29, 0.717) is 29.5 Å². The van der Waals surface area contributed by atoms with E-state index in [2.05, 4.69) is 10.1 Å². The first-order valence-corrected chi connectivity index (χ1v) is 9.05. The molecule has 0 bridgehead atoms. The molecule has 2 aromatic rings. The Kier molecular flexibility index (Phi) is 8.56. The predicted molar refractivity (Wildman–Crippen MR) is 111 cm³/mol. The lowest BCUT2D eigenvalue weighted by molar-refractivity contribution is -0.134. The minimum absolute atomic E-state index is 0.180. The van der Waals surface area contributed by atoms with Crippen LogP contribution in [0.5, 0.6) is 23.0 Å². The highest BCUT2D eigenvalue weighted by atomic mass is 16.5. The third-order valence-corrected chi connectivity index (χ3v) is 4.10. The molecule has 0 aliphatic carbocycles. The van der Waals surface area contributed by atoms with Crippen LogP contribution in [0, 0.1) is 0 Å². The molecule has 2 aromatic carbocycles. The van der Waals surface area contributed by atoms with Gasteiger partial charge in [-0.15, -0.1) is 0 Å². The van der Waals surface area contributed by atoms with Crippen molar-refractivity contribution in [2.75, 3.05) is 35.0 Å². The topological polar surface area (TPSA) is 92.3 Å². The van der Waals surface area contributed by atoms with Gasteiger partial charge in [-0.1, -0.05) is 12.1 Å². The van der Waals surface area contributed by atoms with Gasteiger partial charge >= 0.3 is 5.97 Å². The number of benzene rings is 2. The van der Waals surface area contributed by atoms with Crippen LogP contribution < -0.4 is 24.3 Å². The summed E-state index contributed by atoms with van der Waals surface area (Å²) in [5, 5.41) is 2.78. The van der Waals surface area contributed by atoms with Crippen molar-refractivity contribution in [2.24, 2.45) is 0 Å². The highest BCUT2D eigenvalue weighted by Gasteiger charge is 2.10. The summed E-state index contributed by atoms with van der Waals surface area (Å²) in [4.78, 5) is 23.3. The van der Waals surface area contributed by atoms with Gasteiger partial charge in [-0.25, -0.2) is 4.79 Å². The van der Waals surface area contributed by atoms with Crippen molar-refractivity contribution < 1.29 is 33.3 Å². The second kappa shape index (κ2) is 11.4. The monoisotopic (exact) mass is 415 g/mol. The molecule has 0 fully saturated rings. The lowest BCUT2D eigenvalue weighted by Gasteiger charge is -2.12. The number of carbonyl (C=O) groups is 2. The molecule has 0 aromatic heterocycles. The van der Waals surface area contributed by atoms with E-state index in [-0.39, 0.29) is 12.5 Å². The maximum Gasteiger partial charge on any atom is 0.330 e. The Morgan fingerprint density at radius 3 is 2.20 bits per heavy atom. The van der Waals surface area contributed by atoms with Crippen LogP contribution in [-0.2, 0) is 20.9 Å². The third kappa shape index (κ3) is 6.44. The van der Waals surface area contributed by atoms with Crippen molar-refractivity contribution >= 4 is 18.0 Å². The van der Waals surface area contributed by atoms with E-state index in [0.717, 1.165) is 11.1 Å². The predicted octanol–water partition coefficient (Wildman–Crippen LogP) is 2.59. The van der Waals surface area contributed by atoms with Crippen molar-refractivity contribution in [3.8, 4) is 23.0 Å². The van der Waals surface area contributed by atoms with Gasteiger partial charge < -0.3 is 29.0 Å². The Bertz CT molecular complexity index is 908. The van der Waals surface area contributed by atoms with E-state index in [1.165, 1.54) is 20.3 Å². The molecule has 8 heteroatoms. The Labute approximate surface area is 175 Å². The van der Waals surface area contributed by atoms with Crippen LogP contribution in [0.15, 0.2) is 42.5 Å². The van der Waals surface area contributed by atoms with E-state index in [4.69, 9.17) is 18.9 Å². The average molecular weight is 415 g/mol. The van der Waals surface area contributed by atoms with Crippen molar-refractivity contribution in [1.29, 1.82) is 0 Å². The number of rotatable bonds is 10. The summed E-state index contributed by atoms with van der Waals surface area (Å²) in [5.41, 5.74) is 1.59. The Morgan fingerprint density at radius 1 is 0.867 bits per heavy atom. The molecule has 0 atom stereocenters. The summed E-state index contributed by atoms with van der Waals surface area (Å²) in [6, 6.07) is 10.5. The Balaban J connectivity index is 1.92. The number of carbonyl (C=O) groups excluding carboxylic acids is 2. The number of hydrogen-bond acceptors (Lipinski definition) is 7. The zero-order chi connectivity index (χ0) is 21.9. The minimum atomic E-state index is -0.458. The quantitative estimate of drug-likeness (QED) is 0.471. The molecule has 30 heavy (non-hydrogen) atoms. The molecular weight excluding hydrogens is 390 g/mol. The van der Waals surface area contributed by atoms with Gasteiger partial charge in [0.15, 0.2) is 29.6 Å². The van der Waals surface area contributed by atoms with Crippen LogP contribution in [0.2, 0.25) is 0 Å². The van der Waals surface area contributed by atoms with Gasteiger partial charge in [-0.2, -0.15) is 0 Å². The molecule has 0 heterocycles. The van der Waals surface area contributed by atoms with Crippen molar-refractivity contribution in [2.45, 2.75) is 6.54 Å². The number of amides is 1. The molecule has 0 aliphatic heterocycles. The van der Waals surface area contributed by atoms with Gasteiger partial charge in [0.2, 0.25) is 0 Å². The smallest absolute Gasteiger partial charge is 0.330 e. The first kappa shape index (κ1) is 22.6. The minimum Gasteiger partial charge on any atom is -0.493 e. The normalized spacial score (nSPS) is 10.4. The summed E-state index contributed by atoms with van der Waals surface area (Å²) in [7, 11) is 5.92. The molecule has 2 rings (SSSR count). The molecule has 0 saturated heterocycles. The van der Waals surface area contributed by atoms with E-state index < -0.39 is 5.97 Å². The maximum atomic E-state index is 12.1. The molecule has 0 saturated carbocycles. The fraction of sp³-hybridized carbons (Fsp3) is 0.273. The first-order chi connectivity index (χ1) is 14.5. The molecule has 1 N–H and O–H groups in total. The second-order valence-corrected chi connectivity index (χ2v) is 6.02. The van der Waals surface area contributed by atoms with Gasteiger partial charge in [-0.05, 0) is 41.5 Å². The van der Waals surface area contributed by atoms with Gasteiger partial charge in [0, 0.05) is 12.6 Å². The van der Waals surface area contributed by atoms with E-state index in [9.17, 15) is 9.59 Å². The average Bonchev–Trinajstić information content (AvgIpc) is 2.79. The maximum absolute atomic E-state index is 12.1. The number of hydrogen-bond donors (Lipinski definition) is 1. The van der Waals surface area contributed by atoms with Crippen LogP contribution in [0.1, 0.15) is 11.1 Å². The zero-order valence-corrected chi connectivity index (χ0v) is 17.4. The lowest BCUT2D eigenvalue weighted by atomic mass is 10.2. The molecule has 0 radical (unpaired) electrons. The molecule has 0 unspecified atom stereocenters. The van der Waals surface area contributed by atoms with Crippen LogP contribution >= 0.6 is 0 Å². The van der Waals surface area contributed by atoms with E-state index in [1.54, 1.807) is 50.6 Å². The van der Waals surface area contributed by atoms with Gasteiger partial charge in [0.1, 0.15) is 0 Å².